The second-order valence-electron chi connectivity index (χ2n) is 4.22. The van der Waals surface area contributed by atoms with E-state index in [9.17, 15) is 5.11 Å². The van der Waals surface area contributed by atoms with Crippen LogP contribution in [-0.4, -0.2) is 5.11 Å². The Bertz CT molecular complexity index is 669. The van der Waals surface area contributed by atoms with Crippen LogP contribution in [0.1, 0.15) is 22.3 Å². The Hall–Kier alpha value is -1.99. The van der Waals surface area contributed by atoms with Gasteiger partial charge in [0.15, 0.2) is 0 Å². The number of benzene rings is 2. The van der Waals surface area contributed by atoms with Crippen LogP contribution in [0.2, 0.25) is 5.02 Å². The van der Waals surface area contributed by atoms with Crippen LogP contribution in [0.25, 0.3) is 24.0 Å². The number of rotatable bonds is 0. The van der Waals surface area contributed by atoms with Crippen molar-refractivity contribution >= 4 is 35.6 Å². The van der Waals surface area contributed by atoms with Gasteiger partial charge in [0.05, 0.1) is 0 Å². The highest BCUT2D eigenvalue weighted by Gasteiger charge is 2.08. The zero-order chi connectivity index (χ0) is 12.5. The van der Waals surface area contributed by atoms with Crippen molar-refractivity contribution < 1.29 is 5.11 Å². The quantitative estimate of drug-likeness (QED) is 0.710. The molecule has 0 unspecified atom stereocenters. The normalized spacial score (nSPS) is 13.1. The largest absolute Gasteiger partial charge is 0.507 e. The molecule has 1 nitrogen and oxygen atoms in total. The Labute approximate surface area is 111 Å². The van der Waals surface area contributed by atoms with E-state index in [0.717, 1.165) is 22.3 Å². The maximum atomic E-state index is 10.2. The monoisotopic (exact) mass is 254 g/mol. The van der Waals surface area contributed by atoms with Gasteiger partial charge < -0.3 is 5.11 Å². The van der Waals surface area contributed by atoms with Crippen molar-refractivity contribution in [3.05, 3.63) is 69.7 Å². The third kappa shape index (κ3) is 1.93. The zero-order valence-electron chi connectivity index (χ0n) is 9.60. The molecule has 1 N–H and O–H groups in total. The molecule has 0 atom stereocenters. The summed E-state index contributed by atoms with van der Waals surface area (Å²) in [5.41, 5.74) is 3.80. The maximum Gasteiger partial charge on any atom is 0.124 e. The van der Waals surface area contributed by atoms with Gasteiger partial charge in [-0.25, -0.2) is 0 Å². The molecule has 0 saturated heterocycles. The average molecular weight is 255 g/mol. The molecule has 0 aliphatic heterocycles. The van der Waals surface area contributed by atoms with Crippen molar-refractivity contribution in [1.82, 2.24) is 0 Å². The molecule has 2 heteroatoms. The molecule has 1 aliphatic carbocycles. The summed E-state index contributed by atoms with van der Waals surface area (Å²) in [7, 11) is 0. The molecule has 0 radical (unpaired) electrons. The average Bonchev–Trinajstić information content (AvgIpc) is 2.37. The Balaban J connectivity index is 2.24. The van der Waals surface area contributed by atoms with Crippen LogP contribution in [0.3, 0.4) is 0 Å². The van der Waals surface area contributed by atoms with E-state index in [4.69, 9.17) is 11.6 Å². The van der Waals surface area contributed by atoms with Gasteiger partial charge in [-0.1, -0.05) is 54.1 Å². The van der Waals surface area contributed by atoms with E-state index in [0.29, 0.717) is 5.02 Å². The fourth-order valence-electron chi connectivity index (χ4n) is 2.10. The van der Waals surface area contributed by atoms with Crippen molar-refractivity contribution in [1.29, 1.82) is 0 Å². The maximum absolute atomic E-state index is 10.2. The van der Waals surface area contributed by atoms with Gasteiger partial charge in [0.25, 0.3) is 0 Å². The van der Waals surface area contributed by atoms with Crippen LogP contribution in [0.5, 0.6) is 0 Å². The van der Waals surface area contributed by atoms with E-state index in [-0.39, 0.29) is 5.76 Å². The van der Waals surface area contributed by atoms with Crippen molar-refractivity contribution in [3.8, 4) is 0 Å². The summed E-state index contributed by atoms with van der Waals surface area (Å²) in [6.45, 7) is 0. The third-order valence-electron chi connectivity index (χ3n) is 3.02. The van der Waals surface area contributed by atoms with Gasteiger partial charge in [-0.3, -0.25) is 0 Å². The van der Waals surface area contributed by atoms with Crippen LogP contribution >= 0.6 is 11.6 Å². The highest BCUT2D eigenvalue weighted by Crippen LogP contribution is 2.28. The van der Waals surface area contributed by atoms with Gasteiger partial charge in [-0.2, -0.15) is 0 Å². The lowest BCUT2D eigenvalue weighted by Crippen LogP contribution is -1.92. The minimum Gasteiger partial charge on any atom is -0.507 e. The van der Waals surface area contributed by atoms with E-state index in [2.05, 4.69) is 0 Å². The van der Waals surface area contributed by atoms with Crippen molar-refractivity contribution in [2.45, 2.75) is 0 Å². The lowest BCUT2D eigenvalue weighted by Gasteiger charge is -2.10. The number of aliphatic hydroxyl groups is 1. The molecule has 0 heterocycles. The smallest absolute Gasteiger partial charge is 0.124 e. The first-order valence-corrected chi connectivity index (χ1v) is 6.09. The predicted molar refractivity (Wildman–Crippen MR) is 77.3 cm³/mol. The number of hydrogen-bond donors (Lipinski definition) is 1. The summed E-state index contributed by atoms with van der Waals surface area (Å²) in [6, 6.07) is 13.4. The SMILES string of the molecule is OC1=Cc2ccc(Cl)cc2C=Cc2ccccc21. The first kappa shape index (κ1) is 11.1. The van der Waals surface area contributed by atoms with Crippen LogP contribution in [0, 0.1) is 0 Å². The second-order valence-corrected chi connectivity index (χ2v) is 4.66. The lowest BCUT2D eigenvalue weighted by molar-refractivity contribution is 0.515. The molecule has 0 amide bonds. The number of aliphatic hydroxyl groups excluding tert-OH is 1. The highest BCUT2D eigenvalue weighted by atomic mass is 35.5. The fraction of sp³-hybridized carbons (Fsp3) is 0. The minimum atomic E-state index is 0.276. The van der Waals surface area contributed by atoms with E-state index < -0.39 is 0 Å². The van der Waals surface area contributed by atoms with E-state index in [1.165, 1.54) is 0 Å². The fourth-order valence-corrected chi connectivity index (χ4v) is 2.28. The summed E-state index contributed by atoms with van der Waals surface area (Å²) >= 11 is 5.99. The van der Waals surface area contributed by atoms with Gasteiger partial charge >= 0.3 is 0 Å². The molecule has 1 aliphatic rings. The molecular weight excluding hydrogens is 244 g/mol. The van der Waals surface area contributed by atoms with E-state index in [1.54, 1.807) is 6.08 Å². The molecular formula is C16H11ClO. The molecule has 3 rings (SSSR count). The Kier molecular flexibility index (Phi) is 2.69. The van der Waals surface area contributed by atoms with Gasteiger partial charge in [0.1, 0.15) is 5.76 Å². The molecule has 18 heavy (non-hydrogen) atoms. The lowest BCUT2D eigenvalue weighted by atomic mass is 9.97. The summed E-state index contributed by atoms with van der Waals surface area (Å²) in [4.78, 5) is 0. The molecule has 88 valence electrons. The standard InChI is InChI=1S/C16H11ClO/c17-14-8-7-13-10-16(18)15-4-2-1-3-11(15)5-6-12(13)9-14/h1-10,18H. The molecule has 0 spiro atoms. The number of hydrogen-bond acceptors (Lipinski definition) is 1. The molecule has 0 aromatic heterocycles. The zero-order valence-corrected chi connectivity index (χ0v) is 10.4. The Morgan fingerprint density at radius 2 is 1.61 bits per heavy atom. The predicted octanol–water partition coefficient (Wildman–Crippen LogP) is 4.88. The summed E-state index contributed by atoms with van der Waals surface area (Å²) < 4.78 is 0. The number of halogens is 1. The van der Waals surface area contributed by atoms with Gasteiger partial charge in [0, 0.05) is 10.6 Å². The van der Waals surface area contributed by atoms with Crippen LogP contribution in [-0.2, 0) is 0 Å². The topological polar surface area (TPSA) is 20.2 Å². The summed E-state index contributed by atoms with van der Waals surface area (Å²) in [6.07, 6.45) is 5.78. The van der Waals surface area contributed by atoms with Crippen LogP contribution in [0.15, 0.2) is 42.5 Å². The molecule has 0 saturated carbocycles. The first-order valence-electron chi connectivity index (χ1n) is 5.72. The van der Waals surface area contributed by atoms with Crippen molar-refractivity contribution in [3.63, 3.8) is 0 Å². The van der Waals surface area contributed by atoms with Gasteiger partial charge in [-0.15, -0.1) is 0 Å². The summed E-state index contributed by atoms with van der Waals surface area (Å²) in [5.74, 6) is 0.276. The van der Waals surface area contributed by atoms with Crippen molar-refractivity contribution in [2.24, 2.45) is 0 Å². The van der Waals surface area contributed by atoms with Crippen molar-refractivity contribution in [2.75, 3.05) is 0 Å². The Morgan fingerprint density at radius 1 is 0.833 bits per heavy atom. The van der Waals surface area contributed by atoms with Crippen LogP contribution < -0.4 is 0 Å². The van der Waals surface area contributed by atoms with Gasteiger partial charge in [-0.05, 0) is 34.9 Å². The minimum absolute atomic E-state index is 0.276. The van der Waals surface area contributed by atoms with Crippen LogP contribution in [0.4, 0.5) is 0 Å². The molecule has 2 aromatic carbocycles. The molecule has 2 aromatic rings. The molecule has 0 bridgehead atoms. The third-order valence-corrected chi connectivity index (χ3v) is 3.26. The highest BCUT2D eigenvalue weighted by molar-refractivity contribution is 6.30. The Morgan fingerprint density at radius 3 is 2.50 bits per heavy atom. The first-order chi connectivity index (χ1) is 8.74. The van der Waals surface area contributed by atoms with Gasteiger partial charge in [0.2, 0.25) is 0 Å². The second kappa shape index (κ2) is 4.35. The van der Waals surface area contributed by atoms with E-state index in [1.807, 2.05) is 54.6 Å². The molecule has 0 fully saturated rings. The number of fused-ring (bicyclic) bond motifs is 2. The van der Waals surface area contributed by atoms with E-state index >= 15 is 0 Å². The summed E-state index contributed by atoms with van der Waals surface area (Å²) in [5, 5.41) is 10.9.